The van der Waals surface area contributed by atoms with Crippen LogP contribution in [-0.4, -0.2) is 35.0 Å². The number of urea groups is 1. The van der Waals surface area contributed by atoms with E-state index in [4.69, 9.17) is 0 Å². The number of hydrogen-bond donors (Lipinski definition) is 1. The largest absolute Gasteiger partial charge is 0.331 e. The summed E-state index contributed by atoms with van der Waals surface area (Å²) in [6.45, 7) is 1.77. The van der Waals surface area contributed by atoms with Crippen LogP contribution in [-0.2, 0) is 0 Å². The van der Waals surface area contributed by atoms with Crippen LogP contribution in [0.25, 0.3) is 0 Å². The van der Waals surface area contributed by atoms with Crippen molar-refractivity contribution in [2.24, 2.45) is 0 Å². The van der Waals surface area contributed by atoms with Crippen LogP contribution in [0.15, 0.2) is 12.3 Å². The van der Waals surface area contributed by atoms with Crippen molar-refractivity contribution in [2.45, 2.75) is 6.92 Å². The summed E-state index contributed by atoms with van der Waals surface area (Å²) < 4.78 is 0. The fourth-order valence-electron chi connectivity index (χ4n) is 0.747. The van der Waals surface area contributed by atoms with Crippen LogP contribution in [0.5, 0.6) is 0 Å². The van der Waals surface area contributed by atoms with Crippen molar-refractivity contribution in [3.8, 4) is 0 Å². The van der Waals surface area contributed by atoms with Gasteiger partial charge < -0.3 is 4.90 Å². The molecule has 0 atom stereocenters. The molecule has 0 bridgehead atoms. The van der Waals surface area contributed by atoms with E-state index in [1.165, 1.54) is 4.90 Å². The van der Waals surface area contributed by atoms with Crippen molar-refractivity contribution in [2.75, 3.05) is 19.4 Å². The van der Waals surface area contributed by atoms with E-state index in [1.807, 2.05) is 0 Å². The Morgan fingerprint density at radius 2 is 2.23 bits per heavy atom. The second-order valence-electron chi connectivity index (χ2n) is 2.81. The molecule has 0 aliphatic carbocycles. The third-order valence-electron chi connectivity index (χ3n) is 1.42. The van der Waals surface area contributed by atoms with Gasteiger partial charge in [0.25, 0.3) is 0 Å². The maximum atomic E-state index is 11.2. The summed E-state index contributed by atoms with van der Waals surface area (Å²) in [7, 11) is 3.34. The molecule has 1 heterocycles. The maximum Gasteiger partial charge on any atom is 0.322 e. The van der Waals surface area contributed by atoms with Crippen LogP contribution in [0.2, 0.25) is 0 Å². The highest BCUT2D eigenvalue weighted by Crippen LogP contribution is 2.01. The number of carbonyl (C=O) groups is 1. The minimum Gasteiger partial charge on any atom is -0.331 e. The topological polar surface area (TPSA) is 58.1 Å². The highest BCUT2D eigenvalue weighted by atomic mass is 16.2. The number of aromatic nitrogens is 2. The molecule has 0 unspecified atom stereocenters. The van der Waals surface area contributed by atoms with Gasteiger partial charge in [-0.25, -0.2) is 14.8 Å². The Bertz CT molecular complexity index is 311. The van der Waals surface area contributed by atoms with Gasteiger partial charge in [-0.1, -0.05) is 0 Å². The summed E-state index contributed by atoms with van der Waals surface area (Å²) in [6.07, 6.45) is 1.60. The lowest BCUT2D eigenvalue weighted by molar-refractivity contribution is 0.230. The normalized spacial score (nSPS) is 9.46. The first-order chi connectivity index (χ1) is 6.09. The van der Waals surface area contributed by atoms with Gasteiger partial charge in [-0.15, -0.1) is 0 Å². The number of amides is 2. The monoisotopic (exact) mass is 180 g/mol. The summed E-state index contributed by atoms with van der Waals surface area (Å²) in [4.78, 5) is 20.6. The highest BCUT2D eigenvalue weighted by molar-refractivity contribution is 5.87. The Hall–Kier alpha value is -1.65. The first-order valence-corrected chi connectivity index (χ1v) is 3.87. The molecule has 1 aromatic rings. The van der Waals surface area contributed by atoms with E-state index < -0.39 is 0 Å². The molecular weight excluding hydrogens is 168 g/mol. The summed E-state index contributed by atoms with van der Waals surface area (Å²) in [5.74, 6) is 1.16. The maximum absolute atomic E-state index is 11.2. The van der Waals surface area contributed by atoms with Gasteiger partial charge in [-0.05, 0) is 13.0 Å². The van der Waals surface area contributed by atoms with Crippen molar-refractivity contribution in [3.63, 3.8) is 0 Å². The Labute approximate surface area is 76.8 Å². The van der Waals surface area contributed by atoms with Crippen molar-refractivity contribution in [1.82, 2.24) is 14.9 Å². The van der Waals surface area contributed by atoms with E-state index in [0.717, 1.165) is 0 Å². The fraction of sp³-hybridized carbons (Fsp3) is 0.375. The van der Waals surface area contributed by atoms with Crippen molar-refractivity contribution < 1.29 is 4.79 Å². The van der Waals surface area contributed by atoms with Gasteiger partial charge in [0.05, 0.1) is 0 Å². The highest BCUT2D eigenvalue weighted by Gasteiger charge is 2.03. The summed E-state index contributed by atoms with van der Waals surface area (Å²) in [6, 6.07) is 1.45. The molecule has 1 N–H and O–H groups in total. The first kappa shape index (κ1) is 9.44. The lowest BCUT2D eigenvalue weighted by Crippen LogP contribution is -2.27. The molecule has 5 heteroatoms. The molecule has 0 aliphatic heterocycles. The molecule has 1 aromatic heterocycles. The van der Waals surface area contributed by atoms with E-state index in [1.54, 1.807) is 33.3 Å². The molecule has 0 saturated carbocycles. The Morgan fingerprint density at radius 1 is 1.54 bits per heavy atom. The second kappa shape index (κ2) is 3.84. The van der Waals surface area contributed by atoms with Crippen LogP contribution in [0.3, 0.4) is 0 Å². The van der Waals surface area contributed by atoms with E-state index in [9.17, 15) is 4.79 Å². The minimum absolute atomic E-state index is 0.196. The SMILES string of the molecule is Cc1nccc(NC(=O)N(C)C)n1. The van der Waals surface area contributed by atoms with Gasteiger partial charge in [0.2, 0.25) is 0 Å². The molecule has 0 fully saturated rings. The van der Waals surface area contributed by atoms with E-state index in [-0.39, 0.29) is 6.03 Å². The molecular formula is C8H12N4O. The molecule has 0 aromatic carbocycles. The summed E-state index contributed by atoms with van der Waals surface area (Å²) in [5, 5.41) is 2.62. The zero-order valence-corrected chi connectivity index (χ0v) is 7.90. The lowest BCUT2D eigenvalue weighted by Gasteiger charge is -2.10. The molecule has 0 spiro atoms. The lowest BCUT2D eigenvalue weighted by atomic mass is 10.5. The number of aryl methyl sites for hydroxylation is 1. The second-order valence-corrected chi connectivity index (χ2v) is 2.81. The smallest absolute Gasteiger partial charge is 0.322 e. The van der Waals surface area contributed by atoms with Crippen molar-refractivity contribution in [1.29, 1.82) is 0 Å². The molecule has 13 heavy (non-hydrogen) atoms. The number of rotatable bonds is 1. The quantitative estimate of drug-likeness (QED) is 0.697. The van der Waals surface area contributed by atoms with E-state index in [2.05, 4.69) is 15.3 Å². The van der Waals surface area contributed by atoms with Gasteiger partial charge in [0.15, 0.2) is 0 Å². The van der Waals surface area contributed by atoms with Gasteiger partial charge in [0, 0.05) is 20.3 Å². The molecule has 0 radical (unpaired) electrons. The first-order valence-electron chi connectivity index (χ1n) is 3.87. The van der Waals surface area contributed by atoms with Crippen LogP contribution >= 0.6 is 0 Å². The number of nitrogens with zero attached hydrogens (tertiary/aromatic N) is 3. The van der Waals surface area contributed by atoms with Gasteiger partial charge >= 0.3 is 6.03 Å². The van der Waals surface area contributed by atoms with Crippen molar-refractivity contribution in [3.05, 3.63) is 18.1 Å². The van der Waals surface area contributed by atoms with E-state index >= 15 is 0 Å². The average Bonchev–Trinajstić information content (AvgIpc) is 2.04. The molecule has 0 aliphatic rings. The summed E-state index contributed by atoms with van der Waals surface area (Å²) in [5.41, 5.74) is 0. The van der Waals surface area contributed by atoms with E-state index in [0.29, 0.717) is 11.6 Å². The zero-order chi connectivity index (χ0) is 9.84. The minimum atomic E-state index is -0.196. The Kier molecular flexibility index (Phi) is 2.79. The molecule has 2 amide bonds. The fourth-order valence-corrected chi connectivity index (χ4v) is 0.747. The van der Waals surface area contributed by atoms with Crippen LogP contribution < -0.4 is 5.32 Å². The number of carbonyl (C=O) groups excluding carboxylic acids is 1. The molecule has 5 nitrogen and oxygen atoms in total. The van der Waals surface area contributed by atoms with Crippen LogP contribution in [0, 0.1) is 6.92 Å². The average molecular weight is 180 g/mol. The van der Waals surface area contributed by atoms with Crippen LogP contribution in [0.4, 0.5) is 10.6 Å². The number of hydrogen-bond acceptors (Lipinski definition) is 3. The standard InChI is InChI=1S/C8H12N4O/c1-6-9-5-4-7(10-6)11-8(13)12(2)3/h4-5H,1-3H3,(H,9,10,11,13). The van der Waals surface area contributed by atoms with Gasteiger partial charge in [-0.3, -0.25) is 5.32 Å². The molecule has 70 valence electrons. The molecule has 1 rings (SSSR count). The zero-order valence-electron chi connectivity index (χ0n) is 7.90. The Morgan fingerprint density at radius 3 is 2.77 bits per heavy atom. The number of anilines is 1. The molecule has 0 saturated heterocycles. The predicted molar refractivity (Wildman–Crippen MR) is 49.5 cm³/mol. The van der Waals surface area contributed by atoms with Crippen LogP contribution in [0.1, 0.15) is 5.82 Å². The van der Waals surface area contributed by atoms with Gasteiger partial charge in [-0.2, -0.15) is 0 Å². The third kappa shape index (κ3) is 2.70. The number of nitrogens with one attached hydrogen (secondary N) is 1. The van der Waals surface area contributed by atoms with Gasteiger partial charge in [0.1, 0.15) is 11.6 Å². The summed E-state index contributed by atoms with van der Waals surface area (Å²) >= 11 is 0. The third-order valence-corrected chi connectivity index (χ3v) is 1.42. The van der Waals surface area contributed by atoms with Crippen molar-refractivity contribution >= 4 is 11.8 Å². The Balaban J connectivity index is 2.69. The predicted octanol–water partition coefficient (Wildman–Crippen LogP) is 0.879.